The van der Waals surface area contributed by atoms with Crippen LogP contribution in [0.3, 0.4) is 0 Å². The lowest BCUT2D eigenvalue weighted by atomic mass is 9.76. The van der Waals surface area contributed by atoms with Crippen LogP contribution in [0, 0.1) is 0 Å². The Kier molecular flexibility index (Phi) is 3.83. The molecule has 0 saturated heterocycles. The number of halogens is 1. The van der Waals surface area contributed by atoms with Crippen molar-refractivity contribution < 1.29 is 0 Å². The molecule has 1 aromatic heterocycles. The third kappa shape index (κ3) is 2.85. The van der Waals surface area contributed by atoms with Gasteiger partial charge in [0.05, 0.1) is 0 Å². The van der Waals surface area contributed by atoms with E-state index in [0.29, 0.717) is 6.04 Å². The number of hydrogen-bond acceptors (Lipinski definition) is 2. The molecule has 0 unspecified atom stereocenters. The molecular weight excluding hydrogens is 306 g/mol. The predicted molar refractivity (Wildman–Crippen MR) is 81.1 cm³/mol. The number of rotatable bonds is 4. The van der Waals surface area contributed by atoms with Gasteiger partial charge in [-0.1, -0.05) is 34.1 Å². The van der Waals surface area contributed by atoms with E-state index >= 15 is 0 Å². The summed E-state index contributed by atoms with van der Waals surface area (Å²) in [6, 6.07) is 13.7. The Bertz CT molecular complexity index is 503. The highest BCUT2D eigenvalue weighted by atomic mass is 79.9. The Balaban J connectivity index is 1.48. The maximum atomic E-state index is 3.63. The van der Waals surface area contributed by atoms with Crippen LogP contribution in [-0.4, -0.2) is 6.04 Å². The largest absolute Gasteiger partial charge is 0.309 e. The van der Waals surface area contributed by atoms with E-state index in [1.807, 2.05) is 11.3 Å². The molecule has 2 aromatic rings. The molecule has 94 valence electrons. The Labute approximate surface area is 120 Å². The van der Waals surface area contributed by atoms with Crippen LogP contribution in [0.25, 0.3) is 0 Å². The minimum absolute atomic E-state index is 0.691. The summed E-state index contributed by atoms with van der Waals surface area (Å²) in [6.45, 7) is 1.02. The first kappa shape index (κ1) is 12.4. The highest BCUT2D eigenvalue weighted by molar-refractivity contribution is 9.10. The highest BCUT2D eigenvalue weighted by Gasteiger charge is 2.29. The zero-order chi connectivity index (χ0) is 12.4. The van der Waals surface area contributed by atoms with Gasteiger partial charge in [0.25, 0.3) is 0 Å². The molecule has 1 saturated carbocycles. The first-order chi connectivity index (χ1) is 8.81. The molecule has 1 N–H and O–H groups in total. The molecule has 3 rings (SSSR count). The van der Waals surface area contributed by atoms with Gasteiger partial charge in [-0.2, -0.15) is 0 Å². The first-order valence-corrected chi connectivity index (χ1v) is 8.00. The van der Waals surface area contributed by atoms with Crippen LogP contribution in [0.15, 0.2) is 46.3 Å². The fourth-order valence-electron chi connectivity index (χ4n) is 2.48. The molecule has 0 aliphatic heterocycles. The lowest BCUT2D eigenvalue weighted by Gasteiger charge is -2.36. The maximum Gasteiger partial charge on any atom is 0.0302 e. The summed E-state index contributed by atoms with van der Waals surface area (Å²) in [5.41, 5.74) is 1.47. The van der Waals surface area contributed by atoms with Gasteiger partial charge in [0.2, 0.25) is 0 Å². The van der Waals surface area contributed by atoms with Crippen LogP contribution in [0.5, 0.6) is 0 Å². The van der Waals surface area contributed by atoms with Crippen molar-refractivity contribution in [2.45, 2.75) is 31.3 Å². The lowest BCUT2D eigenvalue weighted by molar-refractivity contribution is 0.290. The second kappa shape index (κ2) is 5.55. The standard InChI is InChI=1S/C15H16BrNS/c16-13-4-1-3-11(7-13)12-8-14(9-12)17-10-15-5-2-6-18-15/h1-7,12,14,17H,8-10H2. The van der Waals surface area contributed by atoms with Gasteiger partial charge < -0.3 is 5.32 Å². The summed E-state index contributed by atoms with van der Waals surface area (Å²) in [5, 5.41) is 5.78. The number of hydrogen-bond donors (Lipinski definition) is 1. The summed E-state index contributed by atoms with van der Waals surface area (Å²) in [5.74, 6) is 0.739. The fraction of sp³-hybridized carbons (Fsp3) is 0.333. The minimum Gasteiger partial charge on any atom is -0.309 e. The third-order valence-corrected chi connectivity index (χ3v) is 4.97. The van der Waals surface area contributed by atoms with Crippen molar-refractivity contribution in [2.75, 3.05) is 0 Å². The van der Waals surface area contributed by atoms with Crippen molar-refractivity contribution >= 4 is 27.3 Å². The Morgan fingerprint density at radius 3 is 2.83 bits per heavy atom. The average Bonchev–Trinajstić information content (AvgIpc) is 2.80. The summed E-state index contributed by atoms with van der Waals surface area (Å²) in [7, 11) is 0. The number of nitrogens with one attached hydrogen (secondary N) is 1. The van der Waals surface area contributed by atoms with Crippen molar-refractivity contribution in [1.29, 1.82) is 0 Å². The van der Waals surface area contributed by atoms with Crippen LogP contribution >= 0.6 is 27.3 Å². The average molecular weight is 322 g/mol. The van der Waals surface area contributed by atoms with Gasteiger partial charge >= 0.3 is 0 Å². The van der Waals surface area contributed by atoms with Gasteiger partial charge in [0, 0.05) is 21.9 Å². The van der Waals surface area contributed by atoms with Crippen LogP contribution < -0.4 is 5.32 Å². The number of thiophene rings is 1. The summed E-state index contributed by atoms with van der Waals surface area (Å²) in [6.07, 6.45) is 2.53. The molecule has 0 spiro atoms. The SMILES string of the molecule is Brc1cccc(C2CC(NCc3cccs3)C2)c1. The zero-order valence-corrected chi connectivity index (χ0v) is 12.5. The van der Waals surface area contributed by atoms with E-state index in [1.54, 1.807) is 0 Å². The highest BCUT2D eigenvalue weighted by Crippen LogP contribution is 2.37. The summed E-state index contributed by atoms with van der Waals surface area (Å²) in [4.78, 5) is 1.43. The molecule has 0 amide bonds. The van der Waals surface area contributed by atoms with E-state index in [9.17, 15) is 0 Å². The van der Waals surface area contributed by atoms with Gasteiger partial charge in [0.1, 0.15) is 0 Å². The predicted octanol–water partition coefficient (Wildman–Crippen LogP) is 4.55. The Hall–Kier alpha value is -0.640. The molecule has 1 fully saturated rings. The van der Waals surface area contributed by atoms with Crippen molar-refractivity contribution in [3.8, 4) is 0 Å². The van der Waals surface area contributed by atoms with Gasteiger partial charge in [-0.25, -0.2) is 0 Å². The molecule has 18 heavy (non-hydrogen) atoms. The van der Waals surface area contributed by atoms with E-state index < -0.39 is 0 Å². The monoisotopic (exact) mass is 321 g/mol. The van der Waals surface area contributed by atoms with E-state index in [0.717, 1.165) is 12.5 Å². The van der Waals surface area contributed by atoms with Crippen LogP contribution in [0.2, 0.25) is 0 Å². The number of benzene rings is 1. The molecule has 3 heteroatoms. The topological polar surface area (TPSA) is 12.0 Å². The van der Waals surface area contributed by atoms with Crippen molar-refractivity contribution in [2.24, 2.45) is 0 Å². The van der Waals surface area contributed by atoms with Crippen LogP contribution in [0.1, 0.15) is 29.2 Å². The van der Waals surface area contributed by atoms with E-state index in [1.165, 1.54) is 27.8 Å². The molecule has 1 heterocycles. The molecule has 0 atom stereocenters. The first-order valence-electron chi connectivity index (χ1n) is 6.32. The van der Waals surface area contributed by atoms with Crippen molar-refractivity contribution in [1.82, 2.24) is 5.32 Å². The van der Waals surface area contributed by atoms with Gasteiger partial charge in [0.15, 0.2) is 0 Å². The molecule has 1 nitrogen and oxygen atoms in total. The normalized spacial score (nSPS) is 22.7. The lowest BCUT2D eigenvalue weighted by Crippen LogP contribution is -2.39. The smallest absolute Gasteiger partial charge is 0.0302 e. The molecule has 1 aliphatic carbocycles. The third-order valence-electron chi connectivity index (χ3n) is 3.60. The van der Waals surface area contributed by atoms with E-state index in [-0.39, 0.29) is 0 Å². The second-order valence-corrected chi connectivity index (χ2v) is 6.83. The summed E-state index contributed by atoms with van der Waals surface area (Å²) < 4.78 is 1.19. The van der Waals surface area contributed by atoms with Crippen molar-refractivity contribution in [3.05, 3.63) is 56.7 Å². The van der Waals surface area contributed by atoms with Crippen LogP contribution in [0.4, 0.5) is 0 Å². The van der Waals surface area contributed by atoms with Gasteiger partial charge in [-0.3, -0.25) is 0 Å². The maximum absolute atomic E-state index is 3.63. The quantitative estimate of drug-likeness (QED) is 0.871. The molecular formula is C15H16BrNS. The van der Waals surface area contributed by atoms with Gasteiger partial charge in [-0.05, 0) is 47.9 Å². The zero-order valence-electron chi connectivity index (χ0n) is 10.1. The molecule has 0 radical (unpaired) electrons. The summed E-state index contributed by atoms with van der Waals surface area (Å²) >= 11 is 5.37. The molecule has 1 aliphatic rings. The van der Waals surface area contributed by atoms with E-state index in [2.05, 4.69) is 63.0 Å². The Morgan fingerprint density at radius 2 is 2.11 bits per heavy atom. The fourth-order valence-corrected chi connectivity index (χ4v) is 3.55. The second-order valence-electron chi connectivity index (χ2n) is 4.88. The minimum atomic E-state index is 0.691. The Morgan fingerprint density at radius 1 is 1.22 bits per heavy atom. The van der Waals surface area contributed by atoms with Crippen LogP contribution in [-0.2, 0) is 6.54 Å². The van der Waals surface area contributed by atoms with Crippen molar-refractivity contribution in [3.63, 3.8) is 0 Å². The van der Waals surface area contributed by atoms with E-state index in [4.69, 9.17) is 0 Å². The molecule has 1 aromatic carbocycles. The molecule has 0 bridgehead atoms. The van der Waals surface area contributed by atoms with Gasteiger partial charge in [-0.15, -0.1) is 11.3 Å².